The topological polar surface area (TPSA) is 83.5 Å². The molecule has 1 N–H and O–H groups in total. The molecule has 0 amide bonds. The molecule has 1 fully saturated rings. The van der Waals surface area contributed by atoms with E-state index in [1.807, 2.05) is 44.2 Å². The highest BCUT2D eigenvalue weighted by Crippen LogP contribution is 2.09. The number of hydrogen-bond acceptors (Lipinski definition) is 5. The second kappa shape index (κ2) is 12.1. The Hall–Kier alpha value is -1.68. The van der Waals surface area contributed by atoms with E-state index in [2.05, 4.69) is 15.2 Å². The number of piperazine rings is 1. The molecule has 2 rings (SSSR count). The highest BCUT2D eigenvalue weighted by Gasteiger charge is 2.27. The van der Waals surface area contributed by atoms with Crippen LogP contribution in [0.5, 0.6) is 0 Å². The number of aliphatic imine (C=N–C) groups is 1. The molecule has 0 aromatic heterocycles. The predicted molar refractivity (Wildman–Crippen MR) is 115 cm³/mol. The van der Waals surface area contributed by atoms with Gasteiger partial charge in [-0.25, -0.2) is 8.42 Å². The van der Waals surface area contributed by atoms with Crippen molar-refractivity contribution in [3.63, 3.8) is 0 Å². The summed E-state index contributed by atoms with van der Waals surface area (Å²) in [5, 5.41) is 3.29. The first kappa shape index (κ1) is 23.6. The molecule has 0 radical (unpaired) electrons. The van der Waals surface area contributed by atoms with Gasteiger partial charge >= 0.3 is 0 Å². The fourth-order valence-corrected chi connectivity index (χ4v) is 4.31. The number of benzene rings is 1. The number of guanidine groups is 1. The first-order valence-electron chi connectivity index (χ1n) is 10.1. The second-order valence-electron chi connectivity index (χ2n) is 7.13. The zero-order chi connectivity index (χ0) is 21.1. The number of rotatable bonds is 10. The molecule has 1 aliphatic heterocycles. The molecular formula is C20H34N4O4S. The Morgan fingerprint density at radius 3 is 2.45 bits per heavy atom. The minimum absolute atomic E-state index is 0.0247. The van der Waals surface area contributed by atoms with Gasteiger partial charge in [0.1, 0.15) is 0 Å². The largest absolute Gasteiger partial charge is 0.378 e. The summed E-state index contributed by atoms with van der Waals surface area (Å²) in [6, 6.07) is 10.1. The third-order valence-corrected chi connectivity index (χ3v) is 6.41. The summed E-state index contributed by atoms with van der Waals surface area (Å²) in [5.41, 5.74) is 1.15. The molecule has 8 nitrogen and oxygen atoms in total. The molecule has 0 unspecified atom stereocenters. The van der Waals surface area contributed by atoms with E-state index in [1.54, 1.807) is 11.4 Å². The highest BCUT2D eigenvalue weighted by molar-refractivity contribution is 7.89. The molecule has 0 spiro atoms. The fraction of sp³-hybridized carbons (Fsp3) is 0.650. The van der Waals surface area contributed by atoms with Crippen LogP contribution in [0.1, 0.15) is 19.4 Å². The van der Waals surface area contributed by atoms with Gasteiger partial charge in [0.05, 0.1) is 31.7 Å². The van der Waals surface area contributed by atoms with Crippen LogP contribution in [-0.2, 0) is 26.1 Å². The van der Waals surface area contributed by atoms with E-state index in [0.29, 0.717) is 45.9 Å². The smallest absolute Gasteiger partial charge is 0.216 e. The molecule has 29 heavy (non-hydrogen) atoms. The van der Waals surface area contributed by atoms with Crippen molar-refractivity contribution in [1.82, 2.24) is 14.5 Å². The van der Waals surface area contributed by atoms with E-state index in [4.69, 9.17) is 9.47 Å². The van der Waals surface area contributed by atoms with Gasteiger partial charge in [0.15, 0.2) is 5.96 Å². The van der Waals surface area contributed by atoms with Crippen molar-refractivity contribution >= 4 is 16.0 Å². The first-order valence-corrected chi connectivity index (χ1v) is 11.7. The molecule has 1 heterocycles. The van der Waals surface area contributed by atoms with E-state index in [0.717, 1.165) is 11.5 Å². The molecule has 164 valence electrons. The third kappa shape index (κ3) is 8.30. The molecule has 0 saturated carbocycles. The number of sulfonamides is 1. The van der Waals surface area contributed by atoms with E-state index < -0.39 is 10.0 Å². The van der Waals surface area contributed by atoms with Crippen molar-refractivity contribution in [3.8, 4) is 0 Å². The van der Waals surface area contributed by atoms with Gasteiger partial charge in [0.25, 0.3) is 0 Å². The summed E-state index contributed by atoms with van der Waals surface area (Å²) in [6.45, 7) is 7.94. The van der Waals surface area contributed by atoms with Gasteiger partial charge in [0.2, 0.25) is 10.0 Å². The van der Waals surface area contributed by atoms with Gasteiger partial charge in [-0.1, -0.05) is 30.3 Å². The van der Waals surface area contributed by atoms with Crippen LogP contribution in [0.15, 0.2) is 35.3 Å². The molecule has 0 aliphatic carbocycles. The molecule has 0 atom stereocenters. The number of hydrogen-bond donors (Lipinski definition) is 1. The fourth-order valence-electron chi connectivity index (χ4n) is 3.03. The van der Waals surface area contributed by atoms with Crippen LogP contribution in [0.2, 0.25) is 0 Å². The summed E-state index contributed by atoms with van der Waals surface area (Å²) in [4.78, 5) is 6.39. The van der Waals surface area contributed by atoms with Gasteiger partial charge < -0.3 is 19.7 Å². The van der Waals surface area contributed by atoms with E-state index >= 15 is 0 Å². The zero-order valence-electron chi connectivity index (χ0n) is 17.7. The lowest BCUT2D eigenvalue weighted by molar-refractivity contribution is 0.0904. The van der Waals surface area contributed by atoms with Crippen molar-refractivity contribution in [2.24, 2.45) is 4.99 Å². The van der Waals surface area contributed by atoms with Crippen molar-refractivity contribution in [2.45, 2.75) is 26.6 Å². The average molecular weight is 427 g/mol. The lowest BCUT2D eigenvalue weighted by Gasteiger charge is -2.35. The minimum Gasteiger partial charge on any atom is -0.378 e. The van der Waals surface area contributed by atoms with Crippen molar-refractivity contribution in [3.05, 3.63) is 35.9 Å². The average Bonchev–Trinajstić information content (AvgIpc) is 2.71. The maximum Gasteiger partial charge on any atom is 0.216 e. The van der Waals surface area contributed by atoms with E-state index in [9.17, 15) is 8.42 Å². The maximum atomic E-state index is 12.4. The Bertz CT molecular complexity index is 717. The van der Waals surface area contributed by atoms with Gasteiger partial charge in [-0.2, -0.15) is 4.31 Å². The standard InChI is InChI=1S/C20H34N4O4S/c1-18(2)28-15-16-29(25,26)24-12-10-23(11-13-24)20(21-3)22-9-14-27-17-19-7-5-4-6-8-19/h4-8,18H,9-17H2,1-3H3,(H,21,22). The van der Waals surface area contributed by atoms with Crippen molar-refractivity contribution < 1.29 is 17.9 Å². The quantitative estimate of drug-likeness (QED) is 0.343. The summed E-state index contributed by atoms with van der Waals surface area (Å²) in [6.07, 6.45) is 0.0353. The summed E-state index contributed by atoms with van der Waals surface area (Å²) < 4.78 is 37.5. The van der Waals surface area contributed by atoms with Gasteiger partial charge in [0, 0.05) is 39.8 Å². The van der Waals surface area contributed by atoms with Crippen molar-refractivity contribution in [2.75, 3.05) is 58.7 Å². The lowest BCUT2D eigenvalue weighted by atomic mass is 10.2. The molecule has 9 heteroatoms. The second-order valence-corrected chi connectivity index (χ2v) is 9.22. The Morgan fingerprint density at radius 2 is 1.83 bits per heavy atom. The third-order valence-electron chi connectivity index (χ3n) is 4.58. The Balaban J connectivity index is 1.68. The van der Waals surface area contributed by atoms with Crippen molar-refractivity contribution in [1.29, 1.82) is 0 Å². The van der Waals surface area contributed by atoms with E-state index in [1.165, 1.54) is 0 Å². The SMILES string of the molecule is CN=C(NCCOCc1ccccc1)N1CCN(S(=O)(=O)CCOC(C)C)CC1. The molecular weight excluding hydrogens is 392 g/mol. The number of nitrogens with one attached hydrogen (secondary N) is 1. The highest BCUT2D eigenvalue weighted by atomic mass is 32.2. The Labute approximate surface area is 174 Å². The van der Waals surface area contributed by atoms with Crippen LogP contribution in [0, 0.1) is 0 Å². The van der Waals surface area contributed by atoms with Crippen LogP contribution >= 0.6 is 0 Å². The molecule has 1 saturated heterocycles. The summed E-state index contributed by atoms with van der Waals surface area (Å²) in [5.74, 6) is 0.796. The van der Waals surface area contributed by atoms with Crippen LogP contribution in [0.4, 0.5) is 0 Å². The maximum absolute atomic E-state index is 12.4. The lowest BCUT2D eigenvalue weighted by Crippen LogP contribution is -2.54. The molecule has 0 bridgehead atoms. The number of nitrogens with zero attached hydrogens (tertiary/aromatic N) is 3. The summed E-state index contributed by atoms with van der Waals surface area (Å²) >= 11 is 0. The predicted octanol–water partition coefficient (Wildman–Crippen LogP) is 1.15. The first-order chi connectivity index (χ1) is 13.9. The van der Waals surface area contributed by atoms with Gasteiger partial charge in [-0.15, -0.1) is 0 Å². The normalized spacial score (nSPS) is 16.4. The molecule has 1 aromatic carbocycles. The van der Waals surface area contributed by atoms with Gasteiger partial charge in [-0.05, 0) is 19.4 Å². The molecule has 1 aromatic rings. The van der Waals surface area contributed by atoms with Gasteiger partial charge in [-0.3, -0.25) is 4.99 Å². The van der Waals surface area contributed by atoms with Crippen LogP contribution in [0.3, 0.4) is 0 Å². The van der Waals surface area contributed by atoms with E-state index in [-0.39, 0.29) is 18.5 Å². The van der Waals surface area contributed by atoms with Crippen LogP contribution in [-0.4, -0.2) is 88.4 Å². The Morgan fingerprint density at radius 1 is 1.14 bits per heavy atom. The minimum atomic E-state index is -3.28. The zero-order valence-corrected chi connectivity index (χ0v) is 18.5. The van der Waals surface area contributed by atoms with Crippen LogP contribution in [0.25, 0.3) is 0 Å². The number of ether oxygens (including phenoxy) is 2. The van der Waals surface area contributed by atoms with Crippen LogP contribution < -0.4 is 5.32 Å². The Kier molecular flexibility index (Phi) is 9.86. The summed E-state index contributed by atoms with van der Waals surface area (Å²) in [7, 11) is -1.55. The monoisotopic (exact) mass is 426 g/mol. The molecule has 1 aliphatic rings.